The predicted octanol–water partition coefficient (Wildman–Crippen LogP) is 2.36. The van der Waals surface area contributed by atoms with Crippen molar-refractivity contribution in [3.05, 3.63) is 41.6 Å². The number of hydrogen-bond acceptors (Lipinski definition) is 3. The first kappa shape index (κ1) is 9.93. The molecule has 0 spiro atoms. The van der Waals surface area contributed by atoms with E-state index in [0.717, 1.165) is 29.0 Å². The van der Waals surface area contributed by atoms with E-state index in [2.05, 4.69) is 12.1 Å². The minimum Gasteiger partial charge on any atom is -0.356 e. The Bertz CT molecular complexity index is 434. The van der Waals surface area contributed by atoms with E-state index < -0.39 is 0 Å². The number of nitrogens with zero attached hydrogens (tertiary/aromatic N) is 1. The summed E-state index contributed by atoms with van der Waals surface area (Å²) in [6.07, 6.45) is 0.889. The van der Waals surface area contributed by atoms with Crippen LogP contribution < -0.4 is 5.73 Å². The molecule has 15 heavy (non-hydrogen) atoms. The van der Waals surface area contributed by atoms with Crippen LogP contribution in [-0.2, 0) is 13.0 Å². The summed E-state index contributed by atoms with van der Waals surface area (Å²) in [5, 5.41) is 3.98. The van der Waals surface area contributed by atoms with Gasteiger partial charge in [0.15, 0.2) is 5.76 Å². The molecule has 1 aromatic carbocycles. The number of benzene rings is 1. The topological polar surface area (TPSA) is 52.0 Å². The molecule has 0 amide bonds. The van der Waals surface area contributed by atoms with E-state index in [1.807, 2.05) is 30.3 Å². The number of rotatable bonds is 3. The van der Waals surface area contributed by atoms with E-state index in [4.69, 9.17) is 10.3 Å². The smallest absolute Gasteiger partial charge is 0.170 e. The van der Waals surface area contributed by atoms with Crippen molar-refractivity contribution < 1.29 is 4.52 Å². The molecular formula is C12H14N2O. The lowest BCUT2D eigenvalue weighted by Gasteiger charge is -1.99. The molecule has 0 aliphatic heterocycles. The summed E-state index contributed by atoms with van der Waals surface area (Å²) in [7, 11) is 0. The third-order valence-electron chi connectivity index (χ3n) is 2.45. The molecule has 1 heterocycles. The third kappa shape index (κ3) is 1.78. The van der Waals surface area contributed by atoms with Crippen molar-refractivity contribution >= 4 is 0 Å². The largest absolute Gasteiger partial charge is 0.356 e. The molecule has 0 saturated heterocycles. The van der Waals surface area contributed by atoms with Gasteiger partial charge in [0.05, 0.1) is 0 Å². The molecule has 0 unspecified atom stereocenters. The molecule has 0 radical (unpaired) electrons. The summed E-state index contributed by atoms with van der Waals surface area (Å²) in [5.74, 6) is 0.846. The van der Waals surface area contributed by atoms with Crippen LogP contribution in [0.3, 0.4) is 0 Å². The maximum Gasteiger partial charge on any atom is 0.170 e. The molecule has 2 aromatic rings. The normalized spacial score (nSPS) is 10.5. The standard InChI is InChI=1S/C12H14N2O/c1-2-10-11(8-13)14-15-12(10)9-6-4-3-5-7-9/h3-7H,2,8,13H2,1H3. The second-order valence-corrected chi connectivity index (χ2v) is 3.36. The van der Waals surface area contributed by atoms with E-state index in [9.17, 15) is 0 Å². The summed E-state index contributed by atoms with van der Waals surface area (Å²) >= 11 is 0. The molecule has 3 heteroatoms. The lowest BCUT2D eigenvalue weighted by atomic mass is 10.0. The molecule has 2 N–H and O–H groups in total. The van der Waals surface area contributed by atoms with E-state index >= 15 is 0 Å². The molecular weight excluding hydrogens is 188 g/mol. The first-order chi connectivity index (χ1) is 7.36. The average Bonchev–Trinajstić information content (AvgIpc) is 2.72. The average molecular weight is 202 g/mol. The second-order valence-electron chi connectivity index (χ2n) is 3.36. The Morgan fingerprint density at radius 2 is 2.00 bits per heavy atom. The van der Waals surface area contributed by atoms with Gasteiger partial charge < -0.3 is 10.3 Å². The molecule has 1 aromatic heterocycles. The van der Waals surface area contributed by atoms with Crippen LogP contribution >= 0.6 is 0 Å². The van der Waals surface area contributed by atoms with Crippen molar-refractivity contribution in [2.75, 3.05) is 0 Å². The minimum atomic E-state index is 0.430. The molecule has 0 aliphatic carbocycles. The highest BCUT2D eigenvalue weighted by atomic mass is 16.5. The van der Waals surface area contributed by atoms with Crippen LogP contribution in [0.2, 0.25) is 0 Å². The van der Waals surface area contributed by atoms with Gasteiger partial charge in [-0.1, -0.05) is 42.4 Å². The van der Waals surface area contributed by atoms with Crippen LogP contribution in [0, 0.1) is 0 Å². The van der Waals surface area contributed by atoms with Gasteiger partial charge in [0.2, 0.25) is 0 Å². The first-order valence-electron chi connectivity index (χ1n) is 5.09. The highest BCUT2D eigenvalue weighted by molar-refractivity contribution is 5.61. The summed E-state index contributed by atoms with van der Waals surface area (Å²) in [5.41, 5.74) is 8.62. The van der Waals surface area contributed by atoms with Gasteiger partial charge in [-0.15, -0.1) is 0 Å². The van der Waals surface area contributed by atoms with Gasteiger partial charge >= 0.3 is 0 Å². The Morgan fingerprint density at radius 3 is 2.60 bits per heavy atom. The van der Waals surface area contributed by atoms with Gasteiger partial charge in [0.25, 0.3) is 0 Å². The van der Waals surface area contributed by atoms with Gasteiger partial charge in [0, 0.05) is 17.7 Å². The Hall–Kier alpha value is -1.61. The summed E-state index contributed by atoms with van der Waals surface area (Å²) in [6.45, 7) is 2.51. The van der Waals surface area contributed by atoms with Gasteiger partial charge in [-0.3, -0.25) is 0 Å². The van der Waals surface area contributed by atoms with Crippen LogP contribution in [0.5, 0.6) is 0 Å². The maximum atomic E-state index is 5.60. The lowest BCUT2D eigenvalue weighted by molar-refractivity contribution is 0.423. The molecule has 0 saturated carbocycles. The van der Waals surface area contributed by atoms with Crippen LogP contribution in [0.1, 0.15) is 18.2 Å². The highest BCUT2D eigenvalue weighted by Crippen LogP contribution is 2.26. The first-order valence-corrected chi connectivity index (χ1v) is 5.09. The zero-order valence-electron chi connectivity index (χ0n) is 8.73. The minimum absolute atomic E-state index is 0.430. The molecule has 2 rings (SSSR count). The van der Waals surface area contributed by atoms with E-state index in [0.29, 0.717) is 6.54 Å². The van der Waals surface area contributed by atoms with Crippen molar-refractivity contribution in [3.63, 3.8) is 0 Å². The molecule has 78 valence electrons. The fraction of sp³-hybridized carbons (Fsp3) is 0.250. The van der Waals surface area contributed by atoms with Crippen LogP contribution in [0.4, 0.5) is 0 Å². The molecule has 0 aliphatic rings. The van der Waals surface area contributed by atoms with Crippen molar-refractivity contribution in [1.82, 2.24) is 5.16 Å². The Labute approximate surface area is 88.9 Å². The van der Waals surface area contributed by atoms with Gasteiger partial charge in [-0.05, 0) is 6.42 Å². The third-order valence-corrected chi connectivity index (χ3v) is 2.45. The van der Waals surface area contributed by atoms with Crippen molar-refractivity contribution in [2.24, 2.45) is 5.73 Å². The van der Waals surface area contributed by atoms with Gasteiger partial charge in [-0.2, -0.15) is 0 Å². The van der Waals surface area contributed by atoms with Crippen molar-refractivity contribution in [2.45, 2.75) is 19.9 Å². The van der Waals surface area contributed by atoms with E-state index in [1.54, 1.807) is 0 Å². The number of nitrogens with two attached hydrogens (primary N) is 1. The van der Waals surface area contributed by atoms with E-state index in [1.165, 1.54) is 0 Å². The monoisotopic (exact) mass is 202 g/mol. The summed E-state index contributed by atoms with van der Waals surface area (Å²) in [6, 6.07) is 9.98. The zero-order chi connectivity index (χ0) is 10.7. The Morgan fingerprint density at radius 1 is 1.27 bits per heavy atom. The number of hydrogen-bond donors (Lipinski definition) is 1. The zero-order valence-corrected chi connectivity index (χ0v) is 8.73. The highest BCUT2D eigenvalue weighted by Gasteiger charge is 2.14. The van der Waals surface area contributed by atoms with E-state index in [-0.39, 0.29) is 0 Å². The molecule has 0 atom stereocenters. The molecule has 0 fully saturated rings. The fourth-order valence-electron chi connectivity index (χ4n) is 1.68. The summed E-state index contributed by atoms with van der Waals surface area (Å²) in [4.78, 5) is 0. The predicted molar refractivity (Wildman–Crippen MR) is 59.2 cm³/mol. The number of aromatic nitrogens is 1. The van der Waals surface area contributed by atoms with Crippen LogP contribution in [0.15, 0.2) is 34.9 Å². The Kier molecular flexibility index (Phi) is 2.83. The SMILES string of the molecule is CCc1c(CN)noc1-c1ccccc1. The lowest BCUT2D eigenvalue weighted by Crippen LogP contribution is -1.99. The maximum absolute atomic E-state index is 5.60. The van der Waals surface area contributed by atoms with Crippen LogP contribution in [0.25, 0.3) is 11.3 Å². The molecule has 3 nitrogen and oxygen atoms in total. The Balaban J connectivity index is 2.49. The molecule has 0 bridgehead atoms. The van der Waals surface area contributed by atoms with Gasteiger partial charge in [0.1, 0.15) is 5.69 Å². The van der Waals surface area contributed by atoms with Crippen molar-refractivity contribution in [3.8, 4) is 11.3 Å². The summed E-state index contributed by atoms with van der Waals surface area (Å²) < 4.78 is 5.33. The second kappa shape index (κ2) is 4.28. The van der Waals surface area contributed by atoms with Gasteiger partial charge in [-0.25, -0.2) is 0 Å². The fourth-order valence-corrected chi connectivity index (χ4v) is 1.68. The van der Waals surface area contributed by atoms with Crippen LogP contribution in [-0.4, -0.2) is 5.16 Å². The quantitative estimate of drug-likeness (QED) is 0.831. The van der Waals surface area contributed by atoms with Crippen molar-refractivity contribution in [1.29, 1.82) is 0 Å².